The zero-order valence-corrected chi connectivity index (χ0v) is 13.5. The van der Waals surface area contributed by atoms with Gasteiger partial charge in [-0.2, -0.15) is 0 Å². The van der Waals surface area contributed by atoms with Crippen LogP contribution in [0.2, 0.25) is 0 Å². The van der Waals surface area contributed by atoms with Crippen molar-refractivity contribution < 1.29 is 9.53 Å². The van der Waals surface area contributed by atoms with E-state index in [2.05, 4.69) is 6.07 Å². The number of ether oxygens (including phenoxy) is 1. The Bertz CT molecular complexity index is 722. The van der Waals surface area contributed by atoms with E-state index in [1.165, 1.54) is 5.56 Å². The predicted molar refractivity (Wildman–Crippen MR) is 92.3 cm³/mol. The summed E-state index contributed by atoms with van der Waals surface area (Å²) in [5, 5.41) is 0. The van der Waals surface area contributed by atoms with E-state index >= 15 is 0 Å². The standard InChI is InChI=1S/C20H21NO2/c1-15(17-6-4-3-5-7-17)21(2)20(22)11-9-16-8-10-19-18(14-16)12-13-23-19/h3-11,14-15H,12-13H2,1-2H3. The van der Waals surface area contributed by atoms with E-state index in [1.807, 2.05) is 62.5 Å². The van der Waals surface area contributed by atoms with Crippen LogP contribution in [0.3, 0.4) is 0 Å². The minimum Gasteiger partial charge on any atom is -0.493 e. The number of carbonyl (C=O) groups is 1. The molecule has 2 aromatic carbocycles. The van der Waals surface area contributed by atoms with Gasteiger partial charge < -0.3 is 9.64 Å². The van der Waals surface area contributed by atoms with Crippen LogP contribution in [0.5, 0.6) is 5.75 Å². The number of benzene rings is 2. The molecule has 0 spiro atoms. The lowest BCUT2D eigenvalue weighted by Gasteiger charge is -2.24. The van der Waals surface area contributed by atoms with Crippen LogP contribution in [0.1, 0.15) is 29.7 Å². The zero-order chi connectivity index (χ0) is 16.2. The van der Waals surface area contributed by atoms with Crippen LogP contribution in [-0.2, 0) is 11.2 Å². The molecular formula is C20H21NO2. The molecule has 0 saturated carbocycles. The molecule has 1 heterocycles. The average molecular weight is 307 g/mol. The number of nitrogens with zero attached hydrogens (tertiary/aromatic N) is 1. The van der Waals surface area contributed by atoms with Crippen LogP contribution in [0.15, 0.2) is 54.6 Å². The summed E-state index contributed by atoms with van der Waals surface area (Å²) in [6.45, 7) is 2.78. The highest BCUT2D eigenvalue weighted by molar-refractivity contribution is 5.91. The molecule has 1 aliphatic rings. The first kappa shape index (κ1) is 15.3. The number of hydrogen-bond acceptors (Lipinski definition) is 2. The van der Waals surface area contributed by atoms with Crippen LogP contribution in [0.25, 0.3) is 6.08 Å². The van der Waals surface area contributed by atoms with Gasteiger partial charge in [-0.3, -0.25) is 4.79 Å². The van der Waals surface area contributed by atoms with Gasteiger partial charge in [0.1, 0.15) is 5.75 Å². The van der Waals surface area contributed by atoms with Crippen molar-refractivity contribution in [3.63, 3.8) is 0 Å². The molecule has 1 aliphatic heterocycles. The highest BCUT2D eigenvalue weighted by Gasteiger charge is 2.15. The van der Waals surface area contributed by atoms with Gasteiger partial charge in [-0.25, -0.2) is 0 Å². The zero-order valence-electron chi connectivity index (χ0n) is 13.5. The van der Waals surface area contributed by atoms with E-state index in [-0.39, 0.29) is 11.9 Å². The van der Waals surface area contributed by atoms with Gasteiger partial charge in [0, 0.05) is 19.5 Å². The Morgan fingerprint density at radius 3 is 2.78 bits per heavy atom. The maximum absolute atomic E-state index is 12.4. The third kappa shape index (κ3) is 3.45. The van der Waals surface area contributed by atoms with Crippen molar-refractivity contribution in [2.24, 2.45) is 0 Å². The van der Waals surface area contributed by atoms with Crippen molar-refractivity contribution in [1.82, 2.24) is 4.90 Å². The van der Waals surface area contributed by atoms with Gasteiger partial charge in [0.15, 0.2) is 0 Å². The van der Waals surface area contributed by atoms with Crippen LogP contribution in [-0.4, -0.2) is 24.5 Å². The molecule has 0 saturated heterocycles. The molecule has 3 heteroatoms. The highest BCUT2D eigenvalue weighted by Crippen LogP contribution is 2.26. The third-order valence-corrected chi connectivity index (χ3v) is 4.34. The molecule has 0 aliphatic carbocycles. The molecule has 0 radical (unpaired) electrons. The summed E-state index contributed by atoms with van der Waals surface area (Å²) >= 11 is 0. The molecule has 2 aromatic rings. The van der Waals surface area contributed by atoms with E-state index in [1.54, 1.807) is 11.0 Å². The van der Waals surface area contributed by atoms with Crippen LogP contribution in [0, 0.1) is 0 Å². The van der Waals surface area contributed by atoms with Crippen LogP contribution < -0.4 is 4.74 Å². The molecule has 0 N–H and O–H groups in total. The highest BCUT2D eigenvalue weighted by atomic mass is 16.5. The lowest BCUT2D eigenvalue weighted by Crippen LogP contribution is -2.27. The fourth-order valence-electron chi connectivity index (χ4n) is 2.74. The van der Waals surface area contributed by atoms with Gasteiger partial charge >= 0.3 is 0 Å². The number of rotatable bonds is 4. The van der Waals surface area contributed by atoms with Crippen LogP contribution >= 0.6 is 0 Å². The molecule has 118 valence electrons. The van der Waals surface area contributed by atoms with E-state index in [0.717, 1.165) is 29.9 Å². The number of fused-ring (bicyclic) bond motifs is 1. The quantitative estimate of drug-likeness (QED) is 0.803. The molecular weight excluding hydrogens is 286 g/mol. The first-order chi connectivity index (χ1) is 11.1. The normalized spacial score (nSPS) is 14.3. The molecule has 0 fully saturated rings. The summed E-state index contributed by atoms with van der Waals surface area (Å²) in [7, 11) is 1.83. The minimum atomic E-state index is -0.00176. The molecule has 1 atom stereocenters. The first-order valence-electron chi connectivity index (χ1n) is 7.90. The Morgan fingerprint density at radius 1 is 1.22 bits per heavy atom. The summed E-state index contributed by atoms with van der Waals surface area (Å²) in [4.78, 5) is 14.1. The van der Waals surface area contributed by atoms with E-state index in [0.29, 0.717) is 0 Å². The Hall–Kier alpha value is -2.55. The summed E-state index contributed by atoms with van der Waals surface area (Å²) < 4.78 is 5.50. The predicted octanol–water partition coefficient (Wildman–Crippen LogP) is 3.85. The van der Waals surface area contributed by atoms with Gasteiger partial charge in [0.25, 0.3) is 0 Å². The van der Waals surface area contributed by atoms with Crippen molar-refractivity contribution in [3.8, 4) is 5.75 Å². The number of likely N-dealkylation sites (N-methyl/N-ethyl adjacent to an activating group) is 1. The second kappa shape index (κ2) is 6.69. The van der Waals surface area contributed by atoms with Crippen molar-refractivity contribution in [1.29, 1.82) is 0 Å². The number of amides is 1. The minimum absolute atomic E-state index is 0.00176. The summed E-state index contributed by atoms with van der Waals surface area (Å²) in [6.07, 6.45) is 4.45. The molecule has 23 heavy (non-hydrogen) atoms. The second-order valence-corrected chi connectivity index (χ2v) is 5.83. The van der Waals surface area contributed by atoms with Gasteiger partial charge in [0.05, 0.1) is 12.6 Å². The molecule has 0 bridgehead atoms. The molecule has 1 amide bonds. The first-order valence-corrected chi connectivity index (χ1v) is 7.90. The lowest BCUT2D eigenvalue weighted by molar-refractivity contribution is -0.126. The van der Waals surface area contributed by atoms with E-state index in [4.69, 9.17) is 4.74 Å². The monoisotopic (exact) mass is 307 g/mol. The fraction of sp³-hybridized carbons (Fsp3) is 0.250. The van der Waals surface area contributed by atoms with Crippen molar-refractivity contribution >= 4 is 12.0 Å². The van der Waals surface area contributed by atoms with E-state index < -0.39 is 0 Å². The second-order valence-electron chi connectivity index (χ2n) is 5.83. The largest absolute Gasteiger partial charge is 0.493 e. The lowest BCUT2D eigenvalue weighted by atomic mass is 10.1. The Labute approximate surface area is 137 Å². The van der Waals surface area contributed by atoms with Gasteiger partial charge in [0.2, 0.25) is 5.91 Å². The summed E-state index contributed by atoms with van der Waals surface area (Å²) in [6, 6.07) is 16.1. The maximum atomic E-state index is 12.4. The van der Waals surface area contributed by atoms with Gasteiger partial charge in [-0.1, -0.05) is 36.4 Å². The number of hydrogen-bond donors (Lipinski definition) is 0. The Morgan fingerprint density at radius 2 is 2.00 bits per heavy atom. The van der Waals surface area contributed by atoms with Crippen molar-refractivity contribution in [3.05, 3.63) is 71.3 Å². The molecule has 3 nitrogen and oxygen atoms in total. The van der Waals surface area contributed by atoms with E-state index in [9.17, 15) is 4.79 Å². The summed E-state index contributed by atoms with van der Waals surface area (Å²) in [5.74, 6) is 0.960. The maximum Gasteiger partial charge on any atom is 0.246 e. The van der Waals surface area contributed by atoms with Gasteiger partial charge in [-0.15, -0.1) is 0 Å². The van der Waals surface area contributed by atoms with Crippen molar-refractivity contribution in [2.75, 3.05) is 13.7 Å². The average Bonchev–Trinajstić information content (AvgIpc) is 3.06. The van der Waals surface area contributed by atoms with Gasteiger partial charge in [-0.05, 0) is 41.8 Å². The SMILES string of the molecule is CC(c1ccccc1)N(C)C(=O)C=Cc1ccc2c(c1)CCO2. The van der Waals surface area contributed by atoms with Crippen molar-refractivity contribution in [2.45, 2.75) is 19.4 Å². The van der Waals surface area contributed by atoms with Crippen LogP contribution in [0.4, 0.5) is 0 Å². The number of carbonyl (C=O) groups excluding carboxylic acids is 1. The Kier molecular flexibility index (Phi) is 4.47. The fourth-order valence-corrected chi connectivity index (χ4v) is 2.74. The Balaban J connectivity index is 1.68. The molecule has 3 rings (SSSR count). The molecule has 0 aromatic heterocycles. The molecule has 1 unspecified atom stereocenters. The topological polar surface area (TPSA) is 29.5 Å². The third-order valence-electron chi connectivity index (χ3n) is 4.34. The summed E-state index contributed by atoms with van der Waals surface area (Å²) in [5.41, 5.74) is 3.38. The smallest absolute Gasteiger partial charge is 0.246 e.